The molecule has 0 atom stereocenters. The maximum Gasteiger partial charge on any atom is 0.325 e. The van der Waals surface area contributed by atoms with Crippen LogP contribution < -0.4 is 10.2 Å². The number of rotatable bonds is 4. The van der Waals surface area contributed by atoms with Crippen molar-refractivity contribution in [1.29, 1.82) is 0 Å². The van der Waals surface area contributed by atoms with Gasteiger partial charge in [-0.15, -0.1) is 0 Å². The molecule has 0 aliphatic heterocycles. The molecule has 0 unspecified atom stereocenters. The van der Waals surface area contributed by atoms with Crippen molar-refractivity contribution in [3.05, 3.63) is 71.4 Å². The number of hydrogen-bond donors (Lipinski definition) is 1. The summed E-state index contributed by atoms with van der Waals surface area (Å²) in [6.07, 6.45) is 3.43. The Balaban J connectivity index is 2.00. The highest BCUT2D eigenvalue weighted by Crippen LogP contribution is 2.13. The first kappa shape index (κ1) is 15.1. The normalized spacial score (nSPS) is 10.6. The Morgan fingerprint density at radius 3 is 2.62 bits per heavy atom. The third-order valence-corrected chi connectivity index (χ3v) is 3.20. The Bertz CT molecular complexity index is 626. The van der Waals surface area contributed by atoms with E-state index in [0.29, 0.717) is 11.6 Å². The molecule has 0 aliphatic carbocycles. The molecule has 4 heteroatoms. The summed E-state index contributed by atoms with van der Waals surface area (Å²) in [7, 11) is 0. The number of carbonyl (C=O) groups excluding carboxylic acids is 1. The molecule has 2 aromatic rings. The van der Waals surface area contributed by atoms with E-state index in [0.717, 1.165) is 11.3 Å². The van der Waals surface area contributed by atoms with Gasteiger partial charge >= 0.3 is 6.03 Å². The fourth-order valence-corrected chi connectivity index (χ4v) is 2.15. The van der Waals surface area contributed by atoms with Crippen LogP contribution in [-0.2, 0) is 0 Å². The molecule has 1 N–H and O–H groups in total. The zero-order valence-corrected chi connectivity index (χ0v) is 12.5. The number of para-hydroxylation sites is 1. The summed E-state index contributed by atoms with van der Waals surface area (Å²) >= 11 is 5.91. The molecule has 2 aromatic carbocycles. The quantitative estimate of drug-likeness (QED) is 0.883. The summed E-state index contributed by atoms with van der Waals surface area (Å²) in [4.78, 5) is 13.8. The van der Waals surface area contributed by atoms with E-state index in [1.165, 1.54) is 0 Å². The van der Waals surface area contributed by atoms with Gasteiger partial charge in [0.15, 0.2) is 0 Å². The maximum absolute atomic E-state index is 12.2. The van der Waals surface area contributed by atoms with Crippen molar-refractivity contribution >= 4 is 29.4 Å². The monoisotopic (exact) mass is 300 g/mol. The lowest BCUT2D eigenvalue weighted by atomic mass is 10.2. The zero-order chi connectivity index (χ0) is 15.1. The van der Waals surface area contributed by atoms with E-state index in [2.05, 4.69) is 5.32 Å². The Kier molecular flexibility index (Phi) is 5.41. The number of anilines is 1. The minimum absolute atomic E-state index is 0.165. The van der Waals surface area contributed by atoms with Crippen molar-refractivity contribution in [3.63, 3.8) is 0 Å². The van der Waals surface area contributed by atoms with Gasteiger partial charge in [-0.3, -0.25) is 4.90 Å². The number of halogens is 1. The minimum atomic E-state index is -0.165. The van der Waals surface area contributed by atoms with Crippen LogP contribution in [0.2, 0.25) is 5.02 Å². The SMILES string of the molecule is CCN(C(=O)N/C=C/c1cccc(Cl)c1)c1ccccc1. The summed E-state index contributed by atoms with van der Waals surface area (Å²) < 4.78 is 0. The van der Waals surface area contributed by atoms with Crippen LogP contribution in [0.1, 0.15) is 12.5 Å². The molecular formula is C17H17ClN2O. The van der Waals surface area contributed by atoms with Crippen LogP contribution in [0, 0.1) is 0 Å². The number of amides is 2. The topological polar surface area (TPSA) is 32.3 Å². The van der Waals surface area contributed by atoms with Crippen LogP contribution >= 0.6 is 11.6 Å². The maximum atomic E-state index is 12.2. The van der Waals surface area contributed by atoms with Crippen LogP contribution in [0.15, 0.2) is 60.8 Å². The summed E-state index contributed by atoms with van der Waals surface area (Å²) in [6, 6.07) is 16.8. The predicted octanol–water partition coefficient (Wildman–Crippen LogP) is 4.55. The van der Waals surface area contributed by atoms with E-state index >= 15 is 0 Å². The Hall–Kier alpha value is -2.26. The second-order valence-electron chi connectivity index (χ2n) is 4.42. The molecule has 2 rings (SSSR count). The molecular weight excluding hydrogens is 284 g/mol. The fraction of sp³-hybridized carbons (Fsp3) is 0.118. The van der Waals surface area contributed by atoms with Crippen molar-refractivity contribution < 1.29 is 4.79 Å². The van der Waals surface area contributed by atoms with Gasteiger partial charge in [-0.1, -0.05) is 41.9 Å². The van der Waals surface area contributed by atoms with E-state index in [-0.39, 0.29) is 6.03 Å². The number of benzene rings is 2. The smallest absolute Gasteiger partial charge is 0.314 e. The molecule has 2 amide bonds. The largest absolute Gasteiger partial charge is 0.325 e. The summed E-state index contributed by atoms with van der Waals surface area (Å²) in [6.45, 7) is 2.54. The Morgan fingerprint density at radius 1 is 1.19 bits per heavy atom. The van der Waals surface area contributed by atoms with Gasteiger partial charge in [0, 0.05) is 23.5 Å². The molecule has 0 spiro atoms. The van der Waals surface area contributed by atoms with Gasteiger partial charge < -0.3 is 5.32 Å². The van der Waals surface area contributed by atoms with Crippen LogP contribution in [0.3, 0.4) is 0 Å². The molecule has 3 nitrogen and oxygen atoms in total. The van der Waals surface area contributed by atoms with Crippen molar-refractivity contribution in [2.24, 2.45) is 0 Å². The third-order valence-electron chi connectivity index (χ3n) is 2.96. The van der Waals surface area contributed by atoms with Crippen molar-refractivity contribution in [3.8, 4) is 0 Å². The predicted molar refractivity (Wildman–Crippen MR) is 88.5 cm³/mol. The first-order valence-electron chi connectivity index (χ1n) is 6.76. The van der Waals surface area contributed by atoms with Crippen LogP contribution in [0.4, 0.5) is 10.5 Å². The standard InChI is InChI=1S/C17H17ClN2O/c1-2-20(16-9-4-3-5-10-16)17(21)19-12-11-14-7-6-8-15(18)13-14/h3-13H,2H2,1H3,(H,19,21)/b12-11+. The molecule has 0 heterocycles. The van der Waals surface area contributed by atoms with Gasteiger partial charge in [0.25, 0.3) is 0 Å². The second kappa shape index (κ2) is 7.50. The van der Waals surface area contributed by atoms with Crippen molar-refractivity contribution in [2.45, 2.75) is 6.92 Å². The lowest BCUT2D eigenvalue weighted by molar-refractivity contribution is 0.249. The van der Waals surface area contributed by atoms with E-state index in [1.54, 1.807) is 11.1 Å². The van der Waals surface area contributed by atoms with E-state index in [1.807, 2.05) is 67.6 Å². The highest BCUT2D eigenvalue weighted by Gasteiger charge is 2.11. The molecule has 0 saturated carbocycles. The summed E-state index contributed by atoms with van der Waals surface area (Å²) in [5.74, 6) is 0. The van der Waals surface area contributed by atoms with Gasteiger partial charge in [-0.25, -0.2) is 4.79 Å². The lowest BCUT2D eigenvalue weighted by Gasteiger charge is -2.20. The Morgan fingerprint density at radius 2 is 1.95 bits per heavy atom. The highest BCUT2D eigenvalue weighted by molar-refractivity contribution is 6.30. The lowest BCUT2D eigenvalue weighted by Crippen LogP contribution is -2.37. The van der Waals surface area contributed by atoms with E-state index in [4.69, 9.17) is 11.6 Å². The van der Waals surface area contributed by atoms with Crippen molar-refractivity contribution in [1.82, 2.24) is 5.32 Å². The number of hydrogen-bond acceptors (Lipinski definition) is 1. The van der Waals surface area contributed by atoms with E-state index < -0.39 is 0 Å². The average Bonchev–Trinajstić information content (AvgIpc) is 2.49. The summed E-state index contributed by atoms with van der Waals surface area (Å²) in [5.41, 5.74) is 1.80. The van der Waals surface area contributed by atoms with Gasteiger partial charge in [0.2, 0.25) is 0 Å². The van der Waals surface area contributed by atoms with Gasteiger partial charge in [-0.2, -0.15) is 0 Å². The fourth-order valence-electron chi connectivity index (χ4n) is 1.95. The minimum Gasteiger partial charge on any atom is -0.314 e. The molecule has 0 fully saturated rings. The molecule has 0 bridgehead atoms. The van der Waals surface area contributed by atoms with Crippen LogP contribution in [0.25, 0.3) is 6.08 Å². The first-order valence-corrected chi connectivity index (χ1v) is 7.13. The van der Waals surface area contributed by atoms with Gasteiger partial charge in [0.05, 0.1) is 0 Å². The molecule has 0 radical (unpaired) electrons. The molecule has 0 saturated heterocycles. The van der Waals surface area contributed by atoms with Gasteiger partial charge in [0.1, 0.15) is 0 Å². The van der Waals surface area contributed by atoms with Gasteiger partial charge in [-0.05, 0) is 42.8 Å². The van der Waals surface area contributed by atoms with E-state index in [9.17, 15) is 4.79 Å². The molecule has 21 heavy (non-hydrogen) atoms. The molecule has 108 valence electrons. The molecule has 0 aliphatic rings. The first-order chi connectivity index (χ1) is 10.2. The van der Waals surface area contributed by atoms with Crippen LogP contribution in [-0.4, -0.2) is 12.6 Å². The number of carbonyl (C=O) groups is 1. The van der Waals surface area contributed by atoms with Crippen LogP contribution in [0.5, 0.6) is 0 Å². The van der Waals surface area contributed by atoms with Crippen molar-refractivity contribution in [2.75, 3.05) is 11.4 Å². The molecule has 0 aromatic heterocycles. The second-order valence-corrected chi connectivity index (χ2v) is 4.85. The Labute approximate surface area is 129 Å². The highest BCUT2D eigenvalue weighted by atomic mass is 35.5. The zero-order valence-electron chi connectivity index (χ0n) is 11.8. The third kappa shape index (κ3) is 4.36. The average molecular weight is 301 g/mol. The number of urea groups is 1. The number of nitrogens with zero attached hydrogens (tertiary/aromatic N) is 1. The number of nitrogens with one attached hydrogen (secondary N) is 1. The summed E-state index contributed by atoms with van der Waals surface area (Å²) in [5, 5.41) is 3.43.